The van der Waals surface area contributed by atoms with Crippen molar-refractivity contribution in [2.24, 2.45) is 0 Å². The molecule has 0 nitrogen and oxygen atoms in total. The van der Waals surface area contributed by atoms with Crippen LogP contribution < -0.4 is 0 Å². The minimum atomic E-state index is 0.751. The Bertz CT molecular complexity index is 649. The molecule has 0 heterocycles. The minimum Gasteiger partial charge on any atom is -0.137 e. The van der Waals surface area contributed by atoms with Crippen LogP contribution in [0.5, 0.6) is 0 Å². The van der Waals surface area contributed by atoms with Gasteiger partial charge in [0.15, 0.2) is 0 Å². The van der Waals surface area contributed by atoms with Gasteiger partial charge in [-0.25, -0.2) is 0 Å². The van der Waals surface area contributed by atoms with Crippen LogP contribution in [-0.4, -0.2) is 6.16 Å². The van der Waals surface area contributed by atoms with E-state index in [2.05, 4.69) is 64.1 Å². The molecule has 2 aromatic carbocycles. The Hall–Kier alpha value is -0.270. The van der Waals surface area contributed by atoms with Crippen LogP contribution in [0, 0.1) is 0 Å². The third-order valence-corrected chi connectivity index (χ3v) is 6.06. The molecule has 1 aliphatic rings. The quantitative estimate of drug-likeness (QED) is 0.691. The molecular weight excluding hydrogens is 309 g/mol. The van der Waals surface area contributed by atoms with Crippen LogP contribution in [0.2, 0.25) is 0 Å². The molecule has 0 saturated heterocycles. The van der Waals surface area contributed by atoms with E-state index >= 15 is 0 Å². The Morgan fingerprint density at radius 1 is 0.857 bits per heavy atom. The first-order chi connectivity index (χ1) is 10.3. The van der Waals surface area contributed by atoms with Crippen molar-refractivity contribution < 1.29 is 0 Å². The van der Waals surface area contributed by atoms with E-state index in [1.807, 2.05) is 0 Å². The van der Waals surface area contributed by atoms with Gasteiger partial charge < -0.3 is 0 Å². The van der Waals surface area contributed by atoms with Crippen molar-refractivity contribution in [1.29, 1.82) is 0 Å². The smallest absolute Gasteiger partial charge is 0.0121 e. The molecule has 2 aromatic rings. The summed E-state index contributed by atoms with van der Waals surface area (Å²) >= 11 is 0. The third kappa shape index (κ3) is 3.10. The molecule has 1 aliphatic carbocycles. The van der Waals surface area contributed by atoms with Crippen molar-refractivity contribution in [2.75, 3.05) is 6.16 Å². The fourth-order valence-corrected chi connectivity index (χ4v) is 4.59. The van der Waals surface area contributed by atoms with Crippen LogP contribution in [0.4, 0.5) is 0 Å². The van der Waals surface area contributed by atoms with Crippen LogP contribution in [0.25, 0.3) is 11.1 Å². The summed E-state index contributed by atoms with van der Waals surface area (Å²) in [5.74, 6) is 0.751. The molecule has 3 rings (SSSR count). The summed E-state index contributed by atoms with van der Waals surface area (Å²) in [6.07, 6.45) is 5.79. The van der Waals surface area contributed by atoms with Gasteiger partial charge in [0, 0.05) is 0 Å². The number of hydrogen-bond acceptors (Lipinski definition) is 0. The first-order valence-corrected chi connectivity index (χ1v) is 10.1. The molecular formula is C18H23P3. The highest BCUT2D eigenvalue weighted by atomic mass is 31.0. The highest BCUT2D eigenvalue weighted by Crippen LogP contribution is 2.37. The lowest BCUT2D eigenvalue weighted by atomic mass is 9.96. The van der Waals surface area contributed by atoms with Gasteiger partial charge in [0.1, 0.15) is 0 Å². The Morgan fingerprint density at radius 3 is 2.29 bits per heavy atom. The van der Waals surface area contributed by atoms with Gasteiger partial charge in [0.25, 0.3) is 0 Å². The molecule has 4 atom stereocenters. The van der Waals surface area contributed by atoms with E-state index in [1.165, 1.54) is 41.3 Å². The largest absolute Gasteiger partial charge is 0.137 e. The van der Waals surface area contributed by atoms with E-state index in [1.54, 1.807) is 11.1 Å². The SMILES string of the molecule is PCc1ccc(-c2ccc3c(c2)CCC3CP)cc1CP. The van der Waals surface area contributed by atoms with Gasteiger partial charge in [0.05, 0.1) is 0 Å². The van der Waals surface area contributed by atoms with Gasteiger partial charge in [-0.15, -0.1) is 27.7 Å². The van der Waals surface area contributed by atoms with Crippen LogP contribution in [0.3, 0.4) is 0 Å². The molecule has 110 valence electrons. The fourth-order valence-electron chi connectivity index (χ4n) is 3.32. The summed E-state index contributed by atoms with van der Waals surface area (Å²) in [6, 6.07) is 14.0. The third-order valence-electron chi connectivity index (χ3n) is 4.61. The molecule has 0 aliphatic heterocycles. The van der Waals surface area contributed by atoms with Crippen molar-refractivity contribution in [3.8, 4) is 11.1 Å². The van der Waals surface area contributed by atoms with Crippen molar-refractivity contribution >= 4 is 27.7 Å². The maximum atomic E-state index is 2.90. The second-order valence-electron chi connectivity index (χ2n) is 5.78. The zero-order valence-corrected chi connectivity index (χ0v) is 15.8. The standard InChI is InChI=1S/C18H23P3/c19-9-15-3-1-12(8-17(15)11-21)13-5-6-18-14(7-13)2-4-16(18)10-20/h1,3,5-8,16H,2,4,9-11,19-21H2. The van der Waals surface area contributed by atoms with Gasteiger partial charge in [-0.2, -0.15) is 0 Å². The molecule has 0 saturated carbocycles. The average Bonchev–Trinajstić information content (AvgIpc) is 2.96. The minimum absolute atomic E-state index is 0.751. The topological polar surface area (TPSA) is 0 Å². The van der Waals surface area contributed by atoms with E-state index < -0.39 is 0 Å². The van der Waals surface area contributed by atoms with Crippen LogP contribution in [0.1, 0.15) is 34.6 Å². The van der Waals surface area contributed by atoms with Crippen molar-refractivity contribution in [2.45, 2.75) is 31.1 Å². The molecule has 0 fully saturated rings. The van der Waals surface area contributed by atoms with E-state index in [4.69, 9.17) is 0 Å². The second-order valence-corrected chi connectivity index (χ2v) is 7.06. The van der Waals surface area contributed by atoms with E-state index in [-0.39, 0.29) is 0 Å². The summed E-state index contributed by atoms with van der Waals surface area (Å²) in [7, 11) is 8.58. The Labute approximate surface area is 135 Å². The van der Waals surface area contributed by atoms with Crippen molar-refractivity contribution in [3.63, 3.8) is 0 Å². The van der Waals surface area contributed by atoms with E-state index in [9.17, 15) is 0 Å². The zero-order valence-electron chi connectivity index (χ0n) is 12.3. The highest BCUT2D eigenvalue weighted by Gasteiger charge is 2.21. The number of rotatable bonds is 4. The molecule has 0 aromatic heterocycles. The lowest BCUT2D eigenvalue weighted by molar-refractivity contribution is 0.757. The first kappa shape index (κ1) is 15.6. The molecule has 0 N–H and O–H groups in total. The van der Waals surface area contributed by atoms with Crippen molar-refractivity contribution in [1.82, 2.24) is 0 Å². The number of fused-ring (bicyclic) bond motifs is 1. The fraction of sp³-hybridized carbons (Fsp3) is 0.333. The molecule has 21 heavy (non-hydrogen) atoms. The molecule has 3 heteroatoms. The predicted octanol–water partition coefficient (Wildman–Crippen LogP) is 5.01. The van der Waals surface area contributed by atoms with Gasteiger partial charge >= 0.3 is 0 Å². The van der Waals surface area contributed by atoms with Gasteiger partial charge in [-0.05, 0) is 70.6 Å². The second kappa shape index (κ2) is 6.87. The normalized spacial score (nSPS) is 17.0. The summed E-state index contributed by atoms with van der Waals surface area (Å²) in [4.78, 5) is 0. The van der Waals surface area contributed by atoms with Gasteiger partial charge in [0.2, 0.25) is 0 Å². The molecule has 0 amide bonds. The number of hydrogen-bond donors (Lipinski definition) is 0. The lowest BCUT2D eigenvalue weighted by Crippen LogP contribution is -1.94. The van der Waals surface area contributed by atoms with Crippen molar-refractivity contribution in [3.05, 3.63) is 58.7 Å². The molecule has 0 spiro atoms. The molecule has 0 bridgehead atoms. The molecule has 0 radical (unpaired) electrons. The average molecular weight is 332 g/mol. The summed E-state index contributed by atoms with van der Waals surface area (Å²) in [6.45, 7) is 0. The molecule has 4 unspecified atom stereocenters. The zero-order chi connectivity index (χ0) is 14.8. The van der Waals surface area contributed by atoms with Crippen LogP contribution in [0.15, 0.2) is 36.4 Å². The maximum absolute atomic E-state index is 2.90. The number of benzene rings is 2. The van der Waals surface area contributed by atoms with E-state index in [0.29, 0.717) is 0 Å². The maximum Gasteiger partial charge on any atom is -0.0121 e. The van der Waals surface area contributed by atoms with Gasteiger partial charge in [-0.3, -0.25) is 0 Å². The number of aryl methyl sites for hydroxylation is 1. The van der Waals surface area contributed by atoms with Gasteiger partial charge in [-0.1, -0.05) is 36.4 Å². The lowest BCUT2D eigenvalue weighted by Gasteiger charge is -2.12. The van der Waals surface area contributed by atoms with Crippen LogP contribution >= 0.6 is 27.7 Å². The summed E-state index contributed by atoms with van der Waals surface area (Å²) in [5, 5.41) is 0. The summed E-state index contributed by atoms with van der Waals surface area (Å²) < 4.78 is 0. The first-order valence-electron chi connectivity index (χ1n) is 7.62. The monoisotopic (exact) mass is 332 g/mol. The Morgan fingerprint density at radius 2 is 1.57 bits per heavy atom. The van der Waals surface area contributed by atoms with E-state index in [0.717, 1.165) is 18.2 Å². The van der Waals surface area contributed by atoms with Crippen LogP contribution in [-0.2, 0) is 18.7 Å². The Kier molecular flexibility index (Phi) is 5.11. The highest BCUT2D eigenvalue weighted by molar-refractivity contribution is 7.16. The predicted molar refractivity (Wildman–Crippen MR) is 104 cm³/mol. The summed E-state index contributed by atoms with van der Waals surface area (Å²) in [5.41, 5.74) is 8.72. The Balaban J connectivity index is 1.98.